The van der Waals surface area contributed by atoms with Crippen molar-refractivity contribution in [1.82, 2.24) is 0 Å². The molecule has 0 aliphatic heterocycles. The van der Waals surface area contributed by atoms with Gasteiger partial charge in [0.1, 0.15) is 0 Å². The van der Waals surface area contributed by atoms with E-state index in [4.69, 9.17) is 10.9 Å². The normalized spacial score (nSPS) is 17.3. The van der Waals surface area contributed by atoms with Crippen LogP contribution in [0.15, 0.2) is 29.4 Å². The van der Waals surface area contributed by atoms with Gasteiger partial charge >= 0.3 is 0 Å². The molecule has 5 heteroatoms. The van der Waals surface area contributed by atoms with Gasteiger partial charge in [0.25, 0.3) is 0 Å². The standard InChI is InChI=1S/C16H23N3O2/c1-19(16(20)13-6-4-2-3-5-7-13)14-10-8-12(9-11-14)15(17)18-21/h8-11,13,21H,2-7H2,1H3,(H2,17,18). The van der Waals surface area contributed by atoms with Crippen LogP contribution in [-0.4, -0.2) is 24.0 Å². The lowest BCUT2D eigenvalue weighted by Gasteiger charge is -2.23. The Balaban J connectivity index is 2.07. The lowest BCUT2D eigenvalue weighted by atomic mass is 9.98. The summed E-state index contributed by atoms with van der Waals surface area (Å²) in [6, 6.07) is 7.15. The molecule has 114 valence electrons. The van der Waals surface area contributed by atoms with E-state index in [-0.39, 0.29) is 17.7 Å². The van der Waals surface area contributed by atoms with Gasteiger partial charge in [0.15, 0.2) is 5.84 Å². The second-order valence-electron chi connectivity index (χ2n) is 5.62. The molecule has 21 heavy (non-hydrogen) atoms. The zero-order valence-corrected chi connectivity index (χ0v) is 12.5. The van der Waals surface area contributed by atoms with E-state index < -0.39 is 0 Å². The Morgan fingerprint density at radius 3 is 2.29 bits per heavy atom. The summed E-state index contributed by atoms with van der Waals surface area (Å²) in [5.74, 6) is 0.397. The minimum absolute atomic E-state index is 0.0688. The number of hydrogen-bond donors (Lipinski definition) is 2. The van der Waals surface area contributed by atoms with Gasteiger partial charge < -0.3 is 15.8 Å². The Morgan fingerprint density at radius 2 is 1.76 bits per heavy atom. The SMILES string of the molecule is CN(C(=O)C1CCCCCC1)c1ccc(C(N)=NO)cc1. The summed E-state index contributed by atoms with van der Waals surface area (Å²) in [5.41, 5.74) is 7.00. The minimum Gasteiger partial charge on any atom is -0.409 e. The molecule has 0 aromatic heterocycles. The maximum Gasteiger partial charge on any atom is 0.229 e. The van der Waals surface area contributed by atoms with Crippen molar-refractivity contribution in [2.75, 3.05) is 11.9 Å². The molecule has 1 aromatic rings. The largest absolute Gasteiger partial charge is 0.409 e. The van der Waals surface area contributed by atoms with Crippen molar-refractivity contribution in [2.45, 2.75) is 38.5 Å². The fourth-order valence-corrected chi connectivity index (χ4v) is 2.84. The molecule has 0 spiro atoms. The molecule has 1 amide bonds. The highest BCUT2D eigenvalue weighted by Crippen LogP contribution is 2.26. The van der Waals surface area contributed by atoms with Gasteiger partial charge in [-0.3, -0.25) is 4.79 Å². The van der Waals surface area contributed by atoms with E-state index in [0.29, 0.717) is 5.56 Å². The Morgan fingerprint density at radius 1 is 1.19 bits per heavy atom. The fourth-order valence-electron chi connectivity index (χ4n) is 2.84. The number of carbonyl (C=O) groups excluding carboxylic acids is 1. The van der Waals surface area contributed by atoms with Crippen LogP contribution in [0.1, 0.15) is 44.1 Å². The van der Waals surface area contributed by atoms with E-state index in [0.717, 1.165) is 31.4 Å². The molecular formula is C16H23N3O2. The van der Waals surface area contributed by atoms with Gasteiger partial charge in [-0.2, -0.15) is 0 Å². The predicted molar refractivity (Wildman–Crippen MR) is 83.6 cm³/mol. The number of amidine groups is 1. The first-order valence-corrected chi connectivity index (χ1v) is 7.49. The molecule has 5 nitrogen and oxygen atoms in total. The number of oxime groups is 1. The van der Waals surface area contributed by atoms with Crippen LogP contribution in [-0.2, 0) is 4.79 Å². The second kappa shape index (κ2) is 7.11. The highest BCUT2D eigenvalue weighted by molar-refractivity contribution is 5.98. The predicted octanol–water partition coefficient (Wildman–Crippen LogP) is 2.71. The third-order valence-electron chi connectivity index (χ3n) is 4.19. The van der Waals surface area contributed by atoms with E-state index >= 15 is 0 Å². The van der Waals surface area contributed by atoms with Crippen molar-refractivity contribution in [3.8, 4) is 0 Å². The molecule has 0 radical (unpaired) electrons. The first kappa shape index (κ1) is 15.4. The Hall–Kier alpha value is -2.04. The third-order valence-corrected chi connectivity index (χ3v) is 4.19. The summed E-state index contributed by atoms with van der Waals surface area (Å²) >= 11 is 0. The van der Waals surface area contributed by atoms with Crippen LogP contribution in [0, 0.1) is 5.92 Å². The molecule has 0 atom stereocenters. The maximum atomic E-state index is 12.6. The van der Waals surface area contributed by atoms with Gasteiger partial charge in [-0.05, 0) is 37.1 Å². The number of anilines is 1. The summed E-state index contributed by atoms with van der Waals surface area (Å²) in [5, 5.41) is 11.6. The number of nitrogens with two attached hydrogens (primary N) is 1. The molecule has 1 aliphatic rings. The van der Waals surface area contributed by atoms with Crippen LogP contribution in [0.5, 0.6) is 0 Å². The van der Waals surface area contributed by atoms with E-state index in [1.165, 1.54) is 12.8 Å². The zero-order chi connectivity index (χ0) is 15.2. The third kappa shape index (κ3) is 3.74. The van der Waals surface area contributed by atoms with Crippen LogP contribution >= 0.6 is 0 Å². The van der Waals surface area contributed by atoms with Gasteiger partial charge in [-0.1, -0.05) is 30.8 Å². The van der Waals surface area contributed by atoms with Crippen LogP contribution < -0.4 is 10.6 Å². The fraction of sp³-hybridized carbons (Fsp3) is 0.500. The van der Waals surface area contributed by atoms with Crippen LogP contribution in [0.25, 0.3) is 0 Å². The number of carbonyl (C=O) groups is 1. The average molecular weight is 289 g/mol. The van der Waals surface area contributed by atoms with E-state index in [1.54, 1.807) is 17.0 Å². The van der Waals surface area contributed by atoms with Crippen LogP contribution in [0.3, 0.4) is 0 Å². The first-order chi connectivity index (χ1) is 10.1. The molecule has 0 bridgehead atoms. The van der Waals surface area contributed by atoms with Crippen molar-refractivity contribution in [1.29, 1.82) is 0 Å². The van der Waals surface area contributed by atoms with Crippen LogP contribution in [0.2, 0.25) is 0 Å². The number of nitrogens with zero attached hydrogens (tertiary/aromatic N) is 2. The lowest BCUT2D eigenvalue weighted by molar-refractivity contribution is -0.122. The number of rotatable bonds is 3. The maximum absolute atomic E-state index is 12.6. The highest BCUT2D eigenvalue weighted by atomic mass is 16.4. The summed E-state index contributed by atoms with van der Waals surface area (Å²) < 4.78 is 0. The highest BCUT2D eigenvalue weighted by Gasteiger charge is 2.23. The van der Waals surface area contributed by atoms with Crippen LogP contribution in [0.4, 0.5) is 5.69 Å². The van der Waals surface area contributed by atoms with Crippen molar-refractivity contribution in [3.05, 3.63) is 29.8 Å². The van der Waals surface area contributed by atoms with Gasteiger partial charge in [0.2, 0.25) is 5.91 Å². The van der Waals surface area contributed by atoms with E-state index in [1.807, 2.05) is 19.2 Å². The zero-order valence-electron chi connectivity index (χ0n) is 12.5. The lowest BCUT2D eigenvalue weighted by Crippen LogP contribution is -2.32. The molecule has 0 saturated heterocycles. The molecule has 0 heterocycles. The molecule has 1 aliphatic carbocycles. The summed E-state index contributed by atoms with van der Waals surface area (Å²) in [7, 11) is 1.81. The number of hydrogen-bond acceptors (Lipinski definition) is 3. The van der Waals surface area contributed by atoms with Crippen molar-refractivity contribution in [2.24, 2.45) is 16.8 Å². The molecule has 3 N–H and O–H groups in total. The molecule has 1 fully saturated rings. The van der Waals surface area contributed by atoms with Gasteiger partial charge in [-0.15, -0.1) is 0 Å². The molecule has 0 unspecified atom stereocenters. The Labute approximate surface area is 125 Å². The summed E-state index contributed by atoms with van der Waals surface area (Å²) in [4.78, 5) is 14.3. The number of amides is 1. The van der Waals surface area contributed by atoms with Gasteiger partial charge in [-0.25, -0.2) is 0 Å². The quantitative estimate of drug-likeness (QED) is 0.295. The van der Waals surface area contributed by atoms with Crippen molar-refractivity contribution in [3.63, 3.8) is 0 Å². The average Bonchev–Trinajstić information content (AvgIpc) is 2.82. The minimum atomic E-state index is 0.0688. The molecule has 2 rings (SSSR count). The van der Waals surface area contributed by atoms with Crippen molar-refractivity contribution < 1.29 is 10.0 Å². The van der Waals surface area contributed by atoms with Gasteiger partial charge in [0, 0.05) is 24.2 Å². The molecule has 1 saturated carbocycles. The Kier molecular flexibility index (Phi) is 5.20. The van der Waals surface area contributed by atoms with E-state index in [2.05, 4.69) is 5.16 Å². The Bertz CT molecular complexity index is 503. The monoisotopic (exact) mass is 289 g/mol. The number of benzene rings is 1. The van der Waals surface area contributed by atoms with E-state index in [9.17, 15) is 4.79 Å². The summed E-state index contributed by atoms with van der Waals surface area (Å²) in [6.45, 7) is 0. The second-order valence-corrected chi connectivity index (χ2v) is 5.62. The van der Waals surface area contributed by atoms with Crippen molar-refractivity contribution >= 4 is 17.4 Å². The summed E-state index contributed by atoms with van der Waals surface area (Å²) in [6.07, 6.45) is 6.75. The molecular weight excluding hydrogens is 266 g/mol. The smallest absolute Gasteiger partial charge is 0.229 e. The van der Waals surface area contributed by atoms with Gasteiger partial charge in [0.05, 0.1) is 0 Å². The topological polar surface area (TPSA) is 78.9 Å². The molecule has 1 aromatic carbocycles. The first-order valence-electron chi connectivity index (χ1n) is 7.49.